The molecule has 1 aliphatic carbocycles. The second-order valence-corrected chi connectivity index (χ2v) is 6.87. The molecular formula is C18H25N3O3. The van der Waals surface area contributed by atoms with Gasteiger partial charge in [-0.25, -0.2) is 0 Å². The summed E-state index contributed by atoms with van der Waals surface area (Å²) < 4.78 is 5.27. The molecular weight excluding hydrogens is 306 g/mol. The molecule has 1 saturated heterocycles. The molecule has 0 spiro atoms. The second kappa shape index (κ2) is 6.42. The molecule has 3 rings (SSSR count). The van der Waals surface area contributed by atoms with Gasteiger partial charge in [0, 0.05) is 18.8 Å². The van der Waals surface area contributed by atoms with Gasteiger partial charge in [-0.05, 0) is 38.5 Å². The molecule has 130 valence electrons. The fourth-order valence-corrected chi connectivity index (χ4v) is 4.08. The second-order valence-electron chi connectivity index (χ2n) is 6.87. The maximum Gasteiger partial charge on any atom is 0.309 e. The number of aromatic nitrogens is 2. The molecule has 24 heavy (non-hydrogen) atoms. The van der Waals surface area contributed by atoms with Gasteiger partial charge < -0.3 is 9.64 Å². The van der Waals surface area contributed by atoms with Crippen LogP contribution in [0.15, 0.2) is 12.2 Å². The number of nitrogens with one attached hydrogen (secondary N) is 1. The van der Waals surface area contributed by atoms with Crippen molar-refractivity contribution in [3.05, 3.63) is 29.1 Å². The molecule has 0 saturated carbocycles. The van der Waals surface area contributed by atoms with Gasteiger partial charge in [0.05, 0.1) is 23.8 Å². The Labute approximate surface area is 142 Å². The van der Waals surface area contributed by atoms with Crippen molar-refractivity contribution in [1.82, 2.24) is 15.1 Å². The lowest BCUT2D eigenvalue weighted by molar-refractivity contribution is -0.152. The number of rotatable bonds is 3. The maximum absolute atomic E-state index is 12.9. The fourth-order valence-electron chi connectivity index (χ4n) is 4.08. The summed E-state index contributed by atoms with van der Waals surface area (Å²) in [4.78, 5) is 27.1. The average Bonchev–Trinajstić information content (AvgIpc) is 3.10. The molecule has 0 radical (unpaired) electrons. The van der Waals surface area contributed by atoms with E-state index in [9.17, 15) is 9.59 Å². The van der Waals surface area contributed by atoms with Crippen LogP contribution >= 0.6 is 0 Å². The normalized spacial score (nSPS) is 28.8. The number of carbonyl (C=O) groups is 2. The first kappa shape index (κ1) is 16.7. The van der Waals surface area contributed by atoms with E-state index in [1.165, 1.54) is 0 Å². The molecule has 1 aliphatic heterocycles. The molecule has 1 aromatic rings. The van der Waals surface area contributed by atoms with Crippen LogP contribution in [-0.4, -0.2) is 46.7 Å². The zero-order chi connectivity index (χ0) is 17.4. The van der Waals surface area contributed by atoms with Gasteiger partial charge in [-0.2, -0.15) is 5.10 Å². The van der Waals surface area contributed by atoms with Crippen molar-refractivity contribution in [2.45, 2.75) is 27.7 Å². The molecule has 4 atom stereocenters. The van der Waals surface area contributed by atoms with Crippen LogP contribution in [0.4, 0.5) is 0 Å². The first-order valence-corrected chi connectivity index (χ1v) is 8.59. The van der Waals surface area contributed by atoms with E-state index in [1.807, 2.05) is 32.6 Å². The number of hydrogen-bond donors (Lipinski definition) is 1. The highest BCUT2D eigenvalue weighted by Crippen LogP contribution is 2.40. The standard InChI is InChI=1S/C18H25N3O3/c1-5-24-18(23)15-10(2)6-7-13-8-21(9-14(13)15)17(22)16-11(3)19-20-12(16)4/h6-7,10,13-15H,5,8-9H2,1-4H3,(H,19,20)/t10-,13-,14-,15-/m0/s1. The summed E-state index contributed by atoms with van der Waals surface area (Å²) >= 11 is 0. The molecule has 2 heterocycles. The number of hydrogen-bond acceptors (Lipinski definition) is 4. The summed E-state index contributed by atoms with van der Waals surface area (Å²) in [5, 5.41) is 6.99. The predicted octanol–water partition coefficient (Wildman–Crippen LogP) is 2.10. The lowest BCUT2D eigenvalue weighted by Gasteiger charge is -2.31. The Balaban J connectivity index is 1.81. The van der Waals surface area contributed by atoms with Crippen molar-refractivity contribution in [1.29, 1.82) is 0 Å². The summed E-state index contributed by atoms with van der Waals surface area (Å²) in [5.74, 6) is 0.153. The van der Waals surface area contributed by atoms with Crippen LogP contribution in [0.25, 0.3) is 0 Å². The zero-order valence-electron chi connectivity index (χ0n) is 14.7. The van der Waals surface area contributed by atoms with E-state index >= 15 is 0 Å². The van der Waals surface area contributed by atoms with Crippen LogP contribution in [-0.2, 0) is 9.53 Å². The van der Waals surface area contributed by atoms with E-state index in [0.717, 1.165) is 11.4 Å². The summed E-state index contributed by atoms with van der Waals surface area (Å²) in [5.41, 5.74) is 2.16. The number of esters is 1. The third-order valence-electron chi connectivity index (χ3n) is 5.29. The Hall–Kier alpha value is -2.11. The Bertz CT molecular complexity index is 660. The molecule has 1 aromatic heterocycles. The molecule has 1 amide bonds. The number of aryl methyl sites for hydroxylation is 2. The van der Waals surface area contributed by atoms with Gasteiger partial charge in [0.15, 0.2) is 0 Å². The quantitative estimate of drug-likeness (QED) is 0.680. The monoisotopic (exact) mass is 331 g/mol. The van der Waals surface area contributed by atoms with Gasteiger partial charge in [0.25, 0.3) is 5.91 Å². The van der Waals surface area contributed by atoms with Crippen LogP contribution < -0.4 is 0 Å². The minimum absolute atomic E-state index is 0.00295. The van der Waals surface area contributed by atoms with E-state index in [4.69, 9.17) is 4.74 Å². The molecule has 0 aromatic carbocycles. The van der Waals surface area contributed by atoms with Gasteiger partial charge in [0.1, 0.15) is 0 Å². The molecule has 6 nitrogen and oxygen atoms in total. The summed E-state index contributed by atoms with van der Waals surface area (Å²) in [6, 6.07) is 0. The van der Waals surface area contributed by atoms with Crippen LogP contribution in [0.3, 0.4) is 0 Å². The number of likely N-dealkylation sites (tertiary alicyclic amines) is 1. The number of amides is 1. The van der Waals surface area contributed by atoms with E-state index < -0.39 is 0 Å². The number of aromatic amines is 1. The first-order valence-electron chi connectivity index (χ1n) is 8.59. The Kier molecular flexibility index (Phi) is 4.47. The van der Waals surface area contributed by atoms with Crippen molar-refractivity contribution in [2.75, 3.05) is 19.7 Å². The van der Waals surface area contributed by atoms with Gasteiger partial charge >= 0.3 is 5.97 Å². The zero-order valence-corrected chi connectivity index (χ0v) is 14.7. The number of carbonyl (C=O) groups excluding carboxylic acids is 2. The minimum Gasteiger partial charge on any atom is -0.466 e. The van der Waals surface area contributed by atoms with Gasteiger partial charge in [0.2, 0.25) is 0 Å². The van der Waals surface area contributed by atoms with Gasteiger partial charge in [-0.3, -0.25) is 14.7 Å². The van der Waals surface area contributed by atoms with Crippen molar-refractivity contribution < 1.29 is 14.3 Å². The molecule has 0 bridgehead atoms. The molecule has 6 heteroatoms. The summed E-state index contributed by atoms with van der Waals surface area (Å²) in [6.07, 6.45) is 4.25. The van der Waals surface area contributed by atoms with Gasteiger partial charge in [-0.15, -0.1) is 0 Å². The fraction of sp³-hybridized carbons (Fsp3) is 0.611. The lowest BCUT2D eigenvalue weighted by atomic mass is 9.72. The largest absolute Gasteiger partial charge is 0.466 e. The minimum atomic E-state index is -0.177. The molecule has 1 N–H and O–H groups in total. The smallest absolute Gasteiger partial charge is 0.309 e. The van der Waals surface area contributed by atoms with E-state index in [2.05, 4.69) is 22.3 Å². The SMILES string of the molecule is CCOC(=O)[C@@H]1[C@H]2CN(C(=O)c3c(C)n[nH]c3C)C[C@@H]2C=C[C@@H]1C. The number of fused-ring (bicyclic) bond motifs is 1. The van der Waals surface area contributed by atoms with Crippen LogP contribution in [0.5, 0.6) is 0 Å². The summed E-state index contributed by atoms with van der Waals surface area (Å²) in [7, 11) is 0. The Morgan fingerprint density at radius 2 is 2.08 bits per heavy atom. The Morgan fingerprint density at radius 3 is 2.71 bits per heavy atom. The molecule has 1 fully saturated rings. The topological polar surface area (TPSA) is 75.3 Å². The van der Waals surface area contributed by atoms with Crippen LogP contribution in [0.2, 0.25) is 0 Å². The lowest BCUT2D eigenvalue weighted by Crippen LogP contribution is -2.37. The number of allylic oxidation sites excluding steroid dienone is 1. The number of ether oxygens (including phenoxy) is 1. The summed E-state index contributed by atoms with van der Waals surface area (Å²) in [6.45, 7) is 9.19. The average molecular weight is 331 g/mol. The van der Waals surface area contributed by atoms with Crippen molar-refractivity contribution >= 4 is 11.9 Å². The number of nitrogens with zero attached hydrogens (tertiary/aromatic N) is 2. The van der Waals surface area contributed by atoms with E-state index in [0.29, 0.717) is 25.3 Å². The first-order chi connectivity index (χ1) is 11.4. The van der Waals surface area contributed by atoms with Crippen molar-refractivity contribution in [2.24, 2.45) is 23.7 Å². The van der Waals surface area contributed by atoms with Crippen molar-refractivity contribution in [3.8, 4) is 0 Å². The maximum atomic E-state index is 12.9. The van der Waals surface area contributed by atoms with E-state index in [-0.39, 0.29) is 35.5 Å². The highest BCUT2D eigenvalue weighted by molar-refractivity contribution is 5.96. The van der Waals surface area contributed by atoms with Crippen LogP contribution in [0, 0.1) is 37.5 Å². The molecule has 0 unspecified atom stereocenters. The van der Waals surface area contributed by atoms with E-state index in [1.54, 1.807) is 0 Å². The Morgan fingerprint density at radius 1 is 1.33 bits per heavy atom. The van der Waals surface area contributed by atoms with Crippen LogP contribution in [0.1, 0.15) is 35.6 Å². The third kappa shape index (κ3) is 2.74. The molecule has 2 aliphatic rings. The van der Waals surface area contributed by atoms with Crippen molar-refractivity contribution in [3.63, 3.8) is 0 Å². The highest BCUT2D eigenvalue weighted by Gasteiger charge is 2.46. The predicted molar refractivity (Wildman–Crippen MR) is 89.4 cm³/mol. The number of H-pyrrole nitrogens is 1. The third-order valence-corrected chi connectivity index (χ3v) is 5.29. The highest BCUT2D eigenvalue weighted by atomic mass is 16.5. The van der Waals surface area contributed by atoms with Gasteiger partial charge in [-0.1, -0.05) is 19.1 Å².